The fraction of sp³-hybridized carbons (Fsp3) is 0.115. The molecule has 34 heavy (non-hydrogen) atoms. The molecule has 4 rings (SSSR count). The van der Waals surface area contributed by atoms with Gasteiger partial charge in [0.05, 0.1) is 15.2 Å². The zero-order chi connectivity index (χ0) is 24.4. The second-order valence-electron chi connectivity index (χ2n) is 7.88. The molecule has 3 aromatic carbocycles. The van der Waals surface area contributed by atoms with Crippen LogP contribution in [0, 0.1) is 13.8 Å². The molecule has 0 bridgehead atoms. The number of nitrogens with zero attached hydrogens (tertiary/aromatic N) is 1. The van der Waals surface area contributed by atoms with Crippen molar-refractivity contribution in [1.82, 2.24) is 5.32 Å². The topological polar surface area (TPSA) is 75.7 Å². The van der Waals surface area contributed by atoms with Gasteiger partial charge in [-0.3, -0.25) is 14.9 Å². The summed E-state index contributed by atoms with van der Waals surface area (Å²) in [6.45, 7) is 4.23. The molecular formula is C26H20BrClN2O4. The number of anilines is 1. The number of rotatable bonds is 5. The van der Waals surface area contributed by atoms with Crippen LogP contribution < -0.4 is 15.0 Å². The number of nitrogens with one attached hydrogen (secondary N) is 1. The molecule has 0 atom stereocenters. The number of hydrogen-bond acceptors (Lipinski definition) is 4. The molecule has 0 aliphatic carbocycles. The van der Waals surface area contributed by atoms with Crippen LogP contribution in [0.5, 0.6) is 5.75 Å². The predicted octanol–water partition coefficient (Wildman–Crippen LogP) is 5.96. The van der Waals surface area contributed by atoms with E-state index in [2.05, 4.69) is 21.2 Å². The summed E-state index contributed by atoms with van der Waals surface area (Å²) in [5, 5.41) is 2.53. The highest BCUT2D eigenvalue weighted by Gasteiger charge is 2.36. The van der Waals surface area contributed by atoms with Gasteiger partial charge >= 0.3 is 6.03 Å². The Morgan fingerprint density at radius 2 is 1.74 bits per heavy atom. The van der Waals surface area contributed by atoms with Crippen molar-refractivity contribution >= 4 is 57.1 Å². The molecule has 1 N–H and O–H groups in total. The van der Waals surface area contributed by atoms with Gasteiger partial charge in [-0.1, -0.05) is 59.1 Å². The van der Waals surface area contributed by atoms with E-state index in [1.54, 1.807) is 36.4 Å². The quantitative estimate of drug-likeness (QED) is 0.320. The van der Waals surface area contributed by atoms with Crippen LogP contribution in [0.3, 0.4) is 0 Å². The van der Waals surface area contributed by atoms with Crippen LogP contribution in [-0.4, -0.2) is 17.8 Å². The van der Waals surface area contributed by atoms with E-state index in [0.29, 0.717) is 33.1 Å². The van der Waals surface area contributed by atoms with Crippen molar-refractivity contribution in [2.75, 3.05) is 4.90 Å². The van der Waals surface area contributed by atoms with Gasteiger partial charge in [0.1, 0.15) is 12.2 Å². The smallest absolute Gasteiger partial charge is 0.335 e. The molecule has 172 valence electrons. The molecule has 4 amide bonds. The van der Waals surface area contributed by atoms with E-state index in [1.807, 2.05) is 38.1 Å². The molecule has 8 heteroatoms. The summed E-state index contributed by atoms with van der Waals surface area (Å²) in [6.07, 6.45) is 1.40. The average molecular weight is 540 g/mol. The van der Waals surface area contributed by atoms with Gasteiger partial charge in [0, 0.05) is 0 Å². The van der Waals surface area contributed by atoms with Crippen LogP contribution in [-0.2, 0) is 16.2 Å². The molecule has 1 saturated heterocycles. The Morgan fingerprint density at radius 3 is 2.41 bits per heavy atom. The van der Waals surface area contributed by atoms with Crippen LogP contribution in [0.4, 0.5) is 10.5 Å². The number of carbonyl (C=O) groups excluding carboxylic acids is 3. The normalized spacial score (nSPS) is 15.0. The zero-order valence-electron chi connectivity index (χ0n) is 18.4. The first-order chi connectivity index (χ1) is 16.2. The number of ether oxygens (including phenoxy) is 1. The van der Waals surface area contributed by atoms with Crippen molar-refractivity contribution in [2.45, 2.75) is 20.5 Å². The number of carbonyl (C=O) groups is 3. The largest absolute Gasteiger partial charge is 0.486 e. The van der Waals surface area contributed by atoms with Crippen LogP contribution in [0.25, 0.3) is 6.08 Å². The van der Waals surface area contributed by atoms with Gasteiger partial charge < -0.3 is 4.74 Å². The first-order valence-electron chi connectivity index (χ1n) is 10.4. The van der Waals surface area contributed by atoms with Crippen molar-refractivity contribution in [3.05, 3.63) is 98.0 Å². The van der Waals surface area contributed by atoms with E-state index in [4.69, 9.17) is 16.3 Å². The predicted molar refractivity (Wildman–Crippen MR) is 135 cm³/mol. The van der Waals surface area contributed by atoms with Crippen molar-refractivity contribution in [2.24, 2.45) is 0 Å². The molecule has 0 unspecified atom stereocenters. The van der Waals surface area contributed by atoms with E-state index < -0.39 is 17.8 Å². The van der Waals surface area contributed by atoms with E-state index in [-0.39, 0.29) is 5.57 Å². The van der Waals surface area contributed by atoms with E-state index in [1.165, 1.54) is 6.08 Å². The van der Waals surface area contributed by atoms with Gasteiger partial charge in [0.25, 0.3) is 11.8 Å². The monoisotopic (exact) mass is 538 g/mol. The Hall–Kier alpha value is -3.42. The summed E-state index contributed by atoms with van der Waals surface area (Å²) >= 11 is 9.91. The third-order valence-corrected chi connectivity index (χ3v) is 6.06. The average Bonchev–Trinajstić information content (AvgIpc) is 2.77. The molecule has 0 spiro atoms. The molecule has 1 aliphatic rings. The third-order valence-electron chi connectivity index (χ3n) is 5.19. The highest BCUT2D eigenvalue weighted by molar-refractivity contribution is 9.10. The van der Waals surface area contributed by atoms with Crippen LogP contribution in [0.2, 0.25) is 5.02 Å². The lowest BCUT2D eigenvalue weighted by molar-refractivity contribution is -0.122. The first-order valence-corrected chi connectivity index (χ1v) is 11.6. The maximum Gasteiger partial charge on any atom is 0.335 e. The molecule has 0 saturated carbocycles. The molecule has 6 nitrogen and oxygen atoms in total. The Labute approximate surface area is 210 Å². The zero-order valence-corrected chi connectivity index (χ0v) is 20.7. The van der Waals surface area contributed by atoms with E-state index >= 15 is 0 Å². The second kappa shape index (κ2) is 9.83. The number of benzene rings is 3. The van der Waals surface area contributed by atoms with Crippen molar-refractivity contribution in [1.29, 1.82) is 0 Å². The molecular weight excluding hydrogens is 520 g/mol. The Morgan fingerprint density at radius 1 is 1.00 bits per heavy atom. The minimum Gasteiger partial charge on any atom is -0.486 e. The molecule has 0 aromatic heterocycles. The summed E-state index contributed by atoms with van der Waals surface area (Å²) in [7, 11) is 0. The number of aryl methyl sites for hydroxylation is 2. The summed E-state index contributed by atoms with van der Waals surface area (Å²) in [5.41, 5.74) is 3.78. The molecule has 0 radical (unpaired) electrons. The maximum atomic E-state index is 13.1. The fourth-order valence-corrected chi connectivity index (χ4v) is 4.50. The summed E-state index contributed by atoms with van der Waals surface area (Å²) in [6, 6.07) is 17.3. The van der Waals surface area contributed by atoms with Gasteiger partial charge in [-0.2, -0.15) is 0 Å². The summed E-state index contributed by atoms with van der Waals surface area (Å²) < 4.78 is 6.46. The number of urea groups is 1. The van der Waals surface area contributed by atoms with Gasteiger partial charge in [0.2, 0.25) is 0 Å². The third kappa shape index (κ3) is 5.05. The van der Waals surface area contributed by atoms with Crippen molar-refractivity contribution in [3.63, 3.8) is 0 Å². The summed E-state index contributed by atoms with van der Waals surface area (Å²) in [5.74, 6) is -1.05. The Kier molecular flexibility index (Phi) is 6.86. The lowest BCUT2D eigenvalue weighted by Crippen LogP contribution is -2.54. The number of amides is 4. The molecule has 1 aliphatic heterocycles. The SMILES string of the molecule is Cc1ccc(N2C(=O)NC(=O)/C(=C\c3cc(Cl)c(OCc4cccc(C)c4)c(Br)c3)C2=O)cc1. The van der Waals surface area contributed by atoms with Crippen molar-refractivity contribution in [3.8, 4) is 5.75 Å². The lowest BCUT2D eigenvalue weighted by Gasteiger charge is -2.26. The van der Waals surface area contributed by atoms with Gasteiger partial charge in [0.15, 0.2) is 5.75 Å². The second-order valence-corrected chi connectivity index (χ2v) is 9.15. The number of barbiturate groups is 1. The highest BCUT2D eigenvalue weighted by Crippen LogP contribution is 2.36. The number of hydrogen-bond donors (Lipinski definition) is 1. The Bertz CT molecular complexity index is 1310. The number of halogens is 2. The minimum absolute atomic E-state index is 0.184. The maximum absolute atomic E-state index is 13.1. The fourth-order valence-electron chi connectivity index (χ4n) is 3.51. The highest BCUT2D eigenvalue weighted by atomic mass is 79.9. The first kappa shape index (κ1) is 23.7. The van der Waals surface area contributed by atoms with Gasteiger partial charge in [-0.15, -0.1) is 0 Å². The van der Waals surface area contributed by atoms with E-state index in [0.717, 1.165) is 21.6 Å². The standard InChI is InChI=1S/C26H20BrClN2O4/c1-15-6-8-19(9-7-15)30-25(32)20(24(31)29-26(30)33)11-18-12-21(27)23(22(28)13-18)34-14-17-5-3-4-16(2)10-17/h3-13H,14H2,1-2H3,(H,29,31,33)/b20-11+. The van der Waals surface area contributed by atoms with Gasteiger partial charge in [-0.25, -0.2) is 9.69 Å². The van der Waals surface area contributed by atoms with E-state index in [9.17, 15) is 14.4 Å². The molecule has 1 heterocycles. The lowest BCUT2D eigenvalue weighted by atomic mass is 10.1. The summed E-state index contributed by atoms with van der Waals surface area (Å²) in [4.78, 5) is 38.8. The molecule has 1 fully saturated rings. The van der Waals surface area contributed by atoms with Crippen LogP contribution >= 0.6 is 27.5 Å². The van der Waals surface area contributed by atoms with Crippen molar-refractivity contribution < 1.29 is 19.1 Å². The van der Waals surface area contributed by atoms with Gasteiger partial charge in [-0.05, 0) is 71.2 Å². The van der Waals surface area contributed by atoms with Crippen LogP contribution in [0.1, 0.15) is 22.3 Å². The minimum atomic E-state index is -0.796. The van der Waals surface area contributed by atoms with Crippen LogP contribution in [0.15, 0.2) is 70.7 Å². The Balaban J connectivity index is 1.60. The molecule has 3 aromatic rings. The number of imide groups is 2.